The van der Waals surface area contributed by atoms with Gasteiger partial charge >= 0.3 is 0 Å². The number of aromatic nitrogens is 1. The number of halogens is 3. The summed E-state index contributed by atoms with van der Waals surface area (Å²) in [5.41, 5.74) is 2.29. The van der Waals surface area contributed by atoms with Crippen molar-refractivity contribution in [3.05, 3.63) is 68.2 Å². The van der Waals surface area contributed by atoms with E-state index in [1.807, 2.05) is 35.9 Å². The molecule has 0 aliphatic heterocycles. The Hall–Kier alpha value is -1.49. The lowest BCUT2D eigenvalue weighted by Crippen LogP contribution is -2.44. The van der Waals surface area contributed by atoms with Crippen molar-refractivity contribution in [3.8, 4) is 0 Å². The molecule has 6 heteroatoms. The fraction of sp³-hybridized carbons (Fsp3) is 0.286. The molecule has 1 heterocycles. The van der Waals surface area contributed by atoms with Crippen LogP contribution in [-0.4, -0.2) is 10.5 Å². The second kappa shape index (κ2) is 7.16. The first-order valence-corrected chi connectivity index (χ1v) is 10.5. The molecule has 0 spiro atoms. The van der Waals surface area contributed by atoms with Crippen LogP contribution in [0.15, 0.2) is 46.9 Å². The molecule has 0 saturated heterocycles. The summed E-state index contributed by atoms with van der Waals surface area (Å²) in [4.78, 5) is 13.2. The lowest BCUT2D eigenvalue weighted by molar-refractivity contribution is 0.0890. The van der Waals surface area contributed by atoms with Crippen LogP contribution in [0.3, 0.4) is 0 Å². The summed E-state index contributed by atoms with van der Waals surface area (Å²) >= 11 is 16.0. The van der Waals surface area contributed by atoms with Crippen molar-refractivity contribution >= 4 is 55.9 Å². The average molecular weight is 466 g/mol. The largest absolute Gasteiger partial charge is 0.341 e. The van der Waals surface area contributed by atoms with E-state index >= 15 is 0 Å². The zero-order valence-electron chi connectivity index (χ0n) is 14.9. The van der Waals surface area contributed by atoms with Crippen LogP contribution in [0.2, 0.25) is 10.0 Å². The second-order valence-corrected chi connectivity index (χ2v) is 8.83. The van der Waals surface area contributed by atoms with E-state index in [4.69, 9.17) is 23.2 Å². The summed E-state index contributed by atoms with van der Waals surface area (Å²) in [5.74, 6) is -0.0919. The number of nitrogens with one attached hydrogen (secondary N) is 1. The van der Waals surface area contributed by atoms with Gasteiger partial charge in [-0.3, -0.25) is 4.79 Å². The molecule has 2 aromatic carbocycles. The summed E-state index contributed by atoms with van der Waals surface area (Å²) < 4.78 is 2.91. The van der Waals surface area contributed by atoms with Gasteiger partial charge in [-0.1, -0.05) is 64.1 Å². The van der Waals surface area contributed by atoms with E-state index < -0.39 is 0 Å². The maximum absolute atomic E-state index is 13.2. The fourth-order valence-corrected chi connectivity index (χ4v) is 4.73. The quantitative estimate of drug-likeness (QED) is 0.473. The van der Waals surface area contributed by atoms with Gasteiger partial charge in [0.05, 0.1) is 15.6 Å². The van der Waals surface area contributed by atoms with Gasteiger partial charge in [0, 0.05) is 22.4 Å². The number of nitrogens with zero attached hydrogens (tertiary/aromatic N) is 1. The Labute approximate surface area is 176 Å². The molecule has 27 heavy (non-hydrogen) atoms. The van der Waals surface area contributed by atoms with Crippen LogP contribution in [0.5, 0.6) is 0 Å². The normalized spacial score (nSPS) is 16.0. The van der Waals surface area contributed by atoms with E-state index in [-0.39, 0.29) is 11.4 Å². The SMILES string of the molecule is Cn1c(C(=O)NC2(c3ccc(Br)cc3)CCCC2)cc2c(Cl)c(Cl)ccc21. The van der Waals surface area contributed by atoms with Gasteiger partial charge in [-0.2, -0.15) is 0 Å². The average Bonchev–Trinajstić information content (AvgIpc) is 3.25. The molecule has 3 nitrogen and oxygen atoms in total. The lowest BCUT2D eigenvalue weighted by atomic mass is 9.88. The van der Waals surface area contributed by atoms with Crippen LogP contribution in [0.25, 0.3) is 10.9 Å². The summed E-state index contributed by atoms with van der Waals surface area (Å²) in [6, 6.07) is 13.7. The van der Waals surface area contributed by atoms with Gasteiger partial charge in [0.25, 0.3) is 5.91 Å². The number of hydrogen-bond acceptors (Lipinski definition) is 1. The van der Waals surface area contributed by atoms with Crippen LogP contribution in [0.1, 0.15) is 41.7 Å². The molecule has 1 aliphatic carbocycles. The first kappa shape index (κ1) is 18.9. The van der Waals surface area contributed by atoms with E-state index in [1.54, 1.807) is 6.07 Å². The number of fused-ring (bicyclic) bond motifs is 1. The Kier molecular flexibility index (Phi) is 5.00. The van der Waals surface area contributed by atoms with Gasteiger partial charge < -0.3 is 9.88 Å². The fourth-order valence-electron chi connectivity index (χ4n) is 4.08. The highest BCUT2D eigenvalue weighted by Crippen LogP contribution is 2.40. The van der Waals surface area contributed by atoms with E-state index in [2.05, 4.69) is 33.4 Å². The van der Waals surface area contributed by atoms with Crippen molar-refractivity contribution in [3.63, 3.8) is 0 Å². The lowest BCUT2D eigenvalue weighted by Gasteiger charge is -2.31. The van der Waals surface area contributed by atoms with Crippen molar-refractivity contribution in [1.29, 1.82) is 0 Å². The zero-order chi connectivity index (χ0) is 19.2. The van der Waals surface area contributed by atoms with Gasteiger partial charge in [-0.05, 0) is 48.7 Å². The van der Waals surface area contributed by atoms with Crippen molar-refractivity contribution in [2.75, 3.05) is 0 Å². The predicted octanol–water partition coefficient (Wildman–Crippen LogP) is 6.45. The third-order valence-corrected chi connectivity index (χ3v) is 6.90. The predicted molar refractivity (Wildman–Crippen MR) is 115 cm³/mol. The maximum Gasteiger partial charge on any atom is 0.268 e. The molecule has 0 bridgehead atoms. The molecular weight excluding hydrogens is 447 g/mol. The number of rotatable bonds is 3. The van der Waals surface area contributed by atoms with Gasteiger partial charge in [0.15, 0.2) is 0 Å². The number of aryl methyl sites for hydroxylation is 1. The first-order chi connectivity index (χ1) is 12.9. The highest BCUT2D eigenvalue weighted by Gasteiger charge is 2.37. The van der Waals surface area contributed by atoms with Crippen molar-refractivity contribution < 1.29 is 4.79 Å². The minimum atomic E-state index is -0.324. The Morgan fingerprint density at radius 2 is 1.78 bits per heavy atom. The highest BCUT2D eigenvalue weighted by atomic mass is 79.9. The highest BCUT2D eigenvalue weighted by molar-refractivity contribution is 9.10. The van der Waals surface area contributed by atoms with Gasteiger partial charge in [0.1, 0.15) is 5.69 Å². The molecule has 4 rings (SSSR count). The Morgan fingerprint density at radius 1 is 1.11 bits per heavy atom. The third-order valence-electron chi connectivity index (χ3n) is 5.55. The number of benzene rings is 2. The Bertz CT molecular complexity index is 1020. The summed E-state index contributed by atoms with van der Waals surface area (Å²) in [7, 11) is 1.88. The van der Waals surface area contributed by atoms with Crippen LogP contribution >= 0.6 is 39.1 Å². The molecular formula is C21H19BrCl2N2O. The van der Waals surface area contributed by atoms with Crippen molar-refractivity contribution in [2.24, 2.45) is 7.05 Å². The molecule has 0 radical (unpaired) electrons. The number of carbonyl (C=O) groups excluding carboxylic acids is 1. The van der Waals surface area contributed by atoms with Crippen LogP contribution in [0, 0.1) is 0 Å². The molecule has 1 N–H and O–H groups in total. The number of hydrogen-bond donors (Lipinski definition) is 1. The molecule has 1 saturated carbocycles. The van der Waals surface area contributed by atoms with Crippen LogP contribution in [0.4, 0.5) is 0 Å². The molecule has 0 unspecified atom stereocenters. The molecule has 0 atom stereocenters. The third kappa shape index (κ3) is 3.28. The van der Waals surface area contributed by atoms with Crippen LogP contribution < -0.4 is 5.32 Å². The van der Waals surface area contributed by atoms with Crippen molar-refractivity contribution in [2.45, 2.75) is 31.2 Å². The molecule has 1 amide bonds. The van der Waals surface area contributed by atoms with E-state index in [9.17, 15) is 4.79 Å². The molecule has 140 valence electrons. The van der Waals surface area contributed by atoms with E-state index in [1.165, 1.54) is 0 Å². The standard InChI is InChI=1S/C21H19BrCl2N2O/c1-26-17-9-8-16(23)19(24)15(17)12-18(26)20(27)25-21(10-2-3-11-21)13-4-6-14(22)7-5-13/h4-9,12H,2-3,10-11H2,1H3,(H,25,27). The van der Waals surface area contributed by atoms with Crippen molar-refractivity contribution in [1.82, 2.24) is 9.88 Å². The molecule has 3 aromatic rings. The second-order valence-electron chi connectivity index (χ2n) is 7.13. The van der Waals surface area contributed by atoms with Gasteiger partial charge in [-0.25, -0.2) is 0 Å². The monoisotopic (exact) mass is 464 g/mol. The first-order valence-electron chi connectivity index (χ1n) is 8.93. The smallest absolute Gasteiger partial charge is 0.268 e. The van der Waals surface area contributed by atoms with E-state index in [0.29, 0.717) is 15.7 Å². The number of amides is 1. The van der Waals surface area contributed by atoms with E-state index in [0.717, 1.165) is 46.6 Å². The minimum Gasteiger partial charge on any atom is -0.341 e. The molecule has 1 fully saturated rings. The minimum absolute atomic E-state index is 0.0919. The summed E-state index contributed by atoms with van der Waals surface area (Å²) in [6.45, 7) is 0. The summed E-state index contributed by atoms with van der Waals surface area (Å²) in [6.07, 6.45) is 4.09. The maximum atomic E-state index is 13.2. The summed E-state index contributed by atoms with van der Waals surface area (Å²) in [5, 5.41) is 5.09. The topological polar surface area (TPSA) is 34.0 Å². The Balaban J connectivity index is 1.72. The van der Waals surface area contributed by atoms with Gasteiger partial charge in [0.2, 0.25) is 0 Å². The Morgan fingerprint density at radius 3 is 2.44 bits per heavy atom. The molecule has 1 aliphatic rings. The van der Waals surface area contributed by atoms with Gasteiger partial charge in [-0.15, -0.1) is 0 Å². The molecule has 1 aromatic heterocycles. The zero-order valence-corrected chi connectivity index (χ0v) is 18.0. The van der Waals surface area contributed by atoms with Crippen LogP contribution in [-0.2, 0) is 12.6 Å². The number of carbonyl (C=O) groups is 1.